The second-order valence-corrected chi connectivity index (χ2v) is 5.57. The van der Waals surface area contributed by atoms with E-state index < -0.39 is 0 Å². The highest BCUT2D eigenvalue weighted by atomic mass is 16.2. The van der Waals surface area contributed by atoms with E-state index in [1.807, 2.05) is 49.9 Å². The van der Waals surface area contributed by atoms with E-state index in [4.69, 9.17) is 5.73 Å². The smallest absolute Gasteiger partial charge is 0.254 e. The van der Waals surface area contributed by atoms with Crippen molar-refractivity contribution < 1.29 is 4.79 Å². The van der Waals surface area contributed by atoms with Crippen molar-refractivity contribution in [3.8, 4) is 0 Å². The van der Waals surface area contributed by atoms with Crippen LogP contribution in [0.25, 0.3) is 0 Å². The van der Waals surface area contributed by atoms with Gasteiger partial charge in [0.15, 0.2) is 0 Å². The van der Waals surface area contributed by atoms with E-state index in [1.54, 1.807) is 6.08 Å². The molecule has 2 N–H and O–H groups in total. The molecule has 0 unspecified atom stereocenters. The summed E-state index contributed by atoms with van der Waals surface area (Å²) in [4.78, 5) is 14.5. The number of nitrogens with zero attached hydrogens (tertiary/aromatic N) is 1. The van der Waals surface area contributed by atoms with Gasteiger partial charge >= 0.3 is 0 Å². The molecule has 0 saturated carbocycles. The van der Waals surface area contributed by atoms with E-state index in [1.165, 1.54) is 0 Å². The Morgan fingerprint density at radius 3 is 2.53 bits per heavy atom. The van der Waals surface area contributed by atoms with Crippen molar-refractivity contribution in [1.29, 1.82) is 0 Å². The van der Waals surface area contributed by atoms with Crippen LogP contribution in [0, 0.1) is 0 Å². The van der Waals surface area contributed by atoms with E-state index in [0.29, 0.717) is 19.5 Å². The highest BCUT2D eigenvalue weighted by molar-refractivity contribution is 5.96. The van der Waals surface area contributed by atoms with Crippen molar-refractivity contribution in [1.82, 2.24) is 4.90 Å². The van der Waals surface area contributed by atoms with Crippen LogP contribution in [0.3, 0.4) is 0 Å². The van der Waals surface area contributed by atoms with E-state index in [-0.39, 0.29) is 11.4 Å². The summed E-state index contributed by atoms with van der Waals surface area (Å²) in [6.07, 6.45) is 2.47. The summed E-state index contributed by atoms with van der Waals surface area (Å²) in [7, 11) is 0. The Morgan fingerprint density at radius 2 is 2.00 bits per heavy atom. The number of amides is 1. The van der Waals surface area contributed by atoms with Gasteiger partial charge in [0, 0.05) is 17.6 Å². The minimum absolute atomic E-state index is 0.0384. The molecule has 1 rings (SSSR count). The number of rotatable bonds is 5. The minimum atomic E-state index is -0.235. The molecule has 1 aromatic rings. The quantitative estimate of drug-likeness (QED) is 0.827. The second-order valence-electron chi connectivity index (χ2n) is 5.57. The Kier molecular flexibility index (Phi) is 5.31. The summed E-state index contributed by atoms with van der Waals surface area (Å²) >= 11 is 0. The predicted octanol–water partition coefficient (Wildman–Crippen LogP) is 2.61. The van der Waals surface area contributed by atoms with E-state index in [9.17, 15) is 4.79 Å². The maximum Gasteiger partial charge on any atom is 0.254 e. The average molecular weight is 260 g/mol. The first-order chi connectivity index (χ1) is 8.91. The Balaban J connectivity index is 3.13. The Bertz CT molecular complexity index is 446. The molecule has 0 fully saturated rings. The van der Waals surface area contributed by atoms with Gasteiger partial charge in [-0.05, 0) is 45.4 Å². The van der Waals surface area contributed by atoms with Crippen LogP contribution < -0.4 is 5.73 Å². The molecule has 0 heterocycles. The molecule has 3 heteroatoms. The molecular weight excluding hydrogens is 236 g/mol. The number of hydrogen-bond donors (Lipinski definition) is 1. The SMILES string of the molecule is C=CCN(C(=O)c1ccccc1CCN)C(C)(C)C. The first-order valence-corrected chi connectivity index (χ1v) is 6.62. The third-order valence-corrected chi connectivity index (χ3v) is 3.03. The van der Waals surface area contributed by atoms with Gasteiger partial charge in [0.05, 0.1) is 0 Å². The van der Waals surface area contributed by atoms with Crippen molar-refractivity contribution in [2.24, 2.45) is 5.73 Å². The van der Waals surface area contributed by atoms with Gasteiger partial charge in [-0.2, -0.15) is 0 Å². The molecule has 3 nitrogen and oxygen atoms in total. The molecule has 0 aliphatic rings. The lowest BCUT2D eigenvalue weighted by atomic mass is 9.99. The highest BCUT2D eigenvalue weighted by Gasteiger charge is 2.27. The second kappa shape index (κ2) is 6.53. The number of carbonyl (C=O) groups excluding carboxylic acids is 1. The summed E-state index contributed by atoms with van der Waals surface area (Å²) in [5.74, 6) is 0.0384. The van der Waals surface area contributed by atoms with Crippen LogP contribution in [-0.2, 0) is 6.42 Å². The molecule has 1 aromatic carbocycles. The zero-order valence-electron chi connectivity index (χ0n) is 12.1. The van der Waals surface area contributed by atoms with Crippen molar-refractivity contribution in [2.75, 3.05) is 13.1 Å². The molecule has 1 amide bonds. The van der Waals surface area contributed by atoms with Gasteiger partial charge in [-0.1, -0.05) is 24.3 Å². The van der Waals surface area contributed by atoms with Crippen molar-refractivity contribution in [3.63, 3.8) is 0 Å². The van der Waals surface area contributed by atoms with Gasteiger partial charge < -0.3 is 10.6 Å². The molecule has 0 aliphatic heterocycles. The third-order valence-electron chi connectivity index (χ3n) is 3.03. The van der Waals surface area contributed by atoms with Crippen molar-refractivity contribution >= 4 is 5.91 Å². The first kappa shape index (κ1) is 15.4. The molecule has 0 saturated heterocycles. The molecule has 0 aliphatic carbocycles. The fraction of sp³-hybridized carbons (Fsp3) is 0.438. The fourth-order valence-corrected chi connectivity index (χ4v) is 2.04. The highest BCUT2D eigenvalue weighted by Crippen LogP contribution is 2.19. The topological polar surface area (TPSA) is 46.3 Å². The Hall–Kier alpha value is -1.61. The zero-order valence-corrected chi connectivity index (χ0v) is 12.1. The maximum atomic E-state index is 12.7. The van der Waals surface area contributed by atoms with Gasteiger partial charge in [-0.25, -0.2) is 0 Å². The van der Waals surface area contributed by atoms with Crippen LogP contribution in [0.5, 0.6) is 0 Å². The first-order valence-electron chi connectivity index (χ1n) is 6.62. The summed E-state index contributed by atoms with van der Waals surface area (Å²) < 4.78 is 0. The largest absolute Gasteiger partial charge is 0.330 e. The molecule has 0 radical (unpaired) electrons. The van der Waals surface area contributed by atoms with Gasteiger partial charge in [0.1, 0.15) is 0 Å². The fourth-order valence-electron chi connectivity index (χ4n) is 2.04. The van der Waals surface area contributed by atoms with Crippen LogP contribution in [0.1, 0.15) is 36.7 Å². The maximum absolute atomic E-state index is 12.7. The lowest BCUT2D eigenvalue weighted by Crippen LogP contribution is -2.46. The monoisotopic (exact) mass is 260 g/mol. The number of nitrogens with two attached hydrogens (primary N) is 1. The van der Waals surface area contributed by atoms with Gasteiger partial charge in [-0.15, -0.1) is 6.58 Å². The van der Waals surface area contributed by atoms with Crippen LogP contribution in [0.4, 0.5) is 0 Å². The molecule has 0 atom stereocenters. The number of benzene rings is 1. The van der Waals surface area contributed by atoms with Crippen LogP contribution in [-0.4, -0.2) is 29.4 Å². The minimum Gasteiger partial charge on any atom is -0.330 e. The summed E-state index contributed by atoms with van der Waals surface area (Å²) in [6.45, 7) is 10.9. The predicted molar refractivity (Wildman–Crippen MR) is 80.2 cm³/mol. The molecular formula is C16H24N2O. The molecule has 0 aromatic heterocycles. The molecule has 19 heavy (non-hydrogen) atoms. The summed E-state index contributed by atoms with van der Waals surface area (Å²) in [5, 5.41) is 0. The Morgan fingerprint density at radius 1 is 1.37 bits per heavy atom. The standard InChI is InChI=1S/C16H24N2O/c1-5-12-18(16(2,3)4)15(19)14-9-7-6-8-13(14)10-11-17/h5-9H,1,10-12,17H2,2-4H3. The lowest BCUT2D eigenvalue weighted by Gasteiger charge is -2.35. The summed E-state index contributed by atoms with van der Waals surface area (Å²) in [6, 6.07) is 7.67. The normalized spacial score (nSPS) is 11.2. The third kappa shape index (κ3) is 3.93. The van der Waals surface area contributed by atoms with E-state index in [2.05, 4.69) is 6.58 Å². The number of carbonyl (C=O) groups is 1. The van der Waals surface area contributed by atoms with Gasteiger partial charge in [0.2, 0.25) is 0 Å². The van der Waals surface area contributed by atoms with Crippen molar-refractivity contribution in [2.45, 2.75) is 32.7 Å². The van der Waals surface area contributed by atoms with Crippen molar-refractivity contribution in [3.05, 3.63) is 48.0 Å². The Labute approximate surface area is 116 Å². The molecule has 104 valence electrons. The van der Waals surface area contributed by atoms with Crippen LogP contribution in [0.15, 0.2) is 36.9 Å². The zero-order chi connectivity index (χ0) is 14.5. The van der Waals surface area contributed by atoms with Crippen LogP contribution in [0.2, 0.25) is 0 Å². The van der Waals surface area contributed by atoms with Gasteiger partial charge in [0.25, 0.3) is 5.91 Å². The van der Waals surface area contributed by atoms with E-state index >= 15 is 0 Å². The molecule has 0 spiro atoms. The molecule has 0 bridgehead atoms. The number of hydrogen-bond acceptors (Lipinski definition) is 2. The lowest BCUT2D eigenvalue weighted by molar-refractivity contribution is 0.0615. The van der Waals surface area contributed by atoms with Gasteiger partial charge in [-0.3, -0.25) is 4.79 Å². The average Bonchev–Trinajstić information content (AvgIpc) is 2.35. The van der Waals surface area contributed by atoms with E-state index in [0.717, 1.165) is 11.1 Å². The summed E-state index contributed by atoms with van der Waals surface area (Å²) in [5.41, 5.74) is 7.12. The van der Waals surface area contributed by atoms with Crippen LogP contribution >= 0.6 is 0 Å².